The van der Waals surface area contributed by atoms with Crippen molar-refractivity contribution in [2.45, 2.75) is 13.0 Å². The van der Waals surface area contributed by atoms with E-state index in [0.29, 0.717) is 5.75 Å². The largest absolute Gasteiger partial charge is 0.496 e. The number of ketones is 1. The molecule has 27 heavy (non-hydrogen) atoms. The van der Waals surface area contributed by atoms with Crippen molar-refractivity contribution in [2.24, 2.45) is 0 Å². The monoisotopic (exact) mass is 367 g/mol. The SMILES string of the molecule is COc1ccccc1C(=O)COC(=O)C(C)N1C(=O)c2ccccc2C1=O. The van der Waals surface area contributed by atoms with Crippen LogP contribution in [0, 0.1) is 0 Å². The van der Waals surface area contributed by atoms with E-state index in [4.69, 9.17) is 9.47 Å². The molecule has 0 aromatic heterocycles. The number of para-hydroxylation sites is 1. The lowest BCUT2D eigenvalue weighted by Crippen LogP contribution is -2.44. The zero-order valence-electron chi connectivity index (χ0n) is 14.8. The van der Waals surface area contributed by atoms with Gasteiger partial charge in [0.15, 0.2) is 6.61 Å². The molecule has 1 unspecified atom stereocenters. The Balaban J connectivity index is 1.68. The molecule has 7 nitrogen and oxygen atoms in total. The summed E-state index contributed by atoms with van der Waals surface area (Å²) < 4.78 is 10.1. The van der Waals surface area contributed by atoms with E-state index in [0.717, 1.165) is 4.90 Å². The topological polar surface area (TPSA) is 90.0 Å². The van der Waals surface area contributed by atoms with Crippen molar-refractivity contribution in [1.82, 2.24) is 4.90 Å². The van der Waals surface area contributed by atoms with Crippen LogP contribution in [-0.2, 0) is 9.53 Å². The molecular formula is C20H17NO6. The molecule has 0 fully saturated rings. The minimum Gasteiger partial charge on any atom is -0.496 e. The fourth-order valence-corrected chi connectivity index (χ4v) is 2.88. The molecule has 0 aliphatic carbocycles. The van der Waals surface area contributed by atoms with E-state index in [1.165, 1.54) is 26.2 Å². The van der Waals surface area contributed by atoms with Crippen molar-refractivity contribution in [1.29, 1.82) is 0 Å². The Morgan fingerprint density at radius 2 is 1.52 bits per heavy atom. The first-order valence-corrected chi connectivity index (χ1v) is 8.25. The molecule has 1 aliphatic rings. The van der Waals surface area contributed by atoms with Crippen molar-refractivity contribution in [3.05, 3.63) is 65.2 Å². The number of hydrogen-bond donors (Lipinski definition) is 0. The highest BCUT2D eigenvalue weighted by Gasteiger charge is 2.41. The number of fused-ring (bicyclic) bond motifs is 1. The van der Waals surface area contributed by atoms with Gasteiger partial charge in [-0.05, 0) is 31.2 Å². The standard InChI is InChI=1S/C20H17NO6/c1-12(21-18(23)13-7-3-4-8-14(13)19(21)24)20(25)27-11-16(22)15-9-5-6-10-17(15)26-2/h3-10,12H,11H2,1-2H3. The van der Waals surface area contributed by atoms with Crippen LogP contribution in [0.4, 0.5) is 0 Å². The highest BCUT2D eigenvalue weighted by Crippen LogP contribution is 2.25. The lowest BCUT2D eigenvalue weighted by molar-refractivity contribution is -0.146. The predicted molar refractivity (Wildman–Crippen MR) is 94.7 cm³/mol. The molecule has 0 radical (unpaired) electrons. The van der Waals surface area contributed by atoms with Crippen molar-refractivity contribution >= 4 is 23.6 Å². The number of nitrogens with zero attached hydrogens (tertiary/aromatic N) is 1. The van der Waals surface area contributed by atoms with Crippen LogP contribution < -0.4 is 4.74 Å². The summed E-state index contributed by atoms with van der Waals surface area (Å²) in [5, 5.41) is 0. The highest BCUT2D eigenvalue weighted by atomic mass is 16.5. The summed E-state index contributed by atoms with van der Waals surface area (Å²) in [6, 6.07) is 11.7. The minimum absolute atomic E-state index is 0.243. The van der Waals surface area contributed by atoms with Crippen molar-refractivity contribution < 1.29 is 28.7 Å². The summed E-state index contributed by atoms with van der Waals surface area (Å²) in [6.07, 6.45) is 0. The molecule has 1 heterocycles. The van der Waals surface area contributed by atoms with E-state index >= 15 is 0 Å². The van der Waals surface area contributed by atoms with Gasteiger partial charge in [-0.25, -0.2) is 4.79 Å². The van der Waals surface area contributed by atoms with Gasteiger partial charge in [0, 0.05) is 0 Å². The predicted octanol–water partition coefficient (Wildman–Crippen LogP) is 2.11. The van der Waals surface area contributed by atoms with Gasteiger partial charge in [-0.2, -0.15) is 0 Å². The van der Waals surface area contributed by atoms with Gasteiger partial charge in [0.05, 0.1) is 23.8 Å². The number of amides is 2. The summed E-state index contributed by atoms with van der Waals surface area (Å²) >= 11 is 0. The number of hydrogen-bond acceptors (Lipinski definition) is 6. The van der Waals surface area contributed by atoms with E-state index in [-0.39, 0.29) is 16.7 Å². The van der Waals surface area contributed by atoms with Gasteiger partial charge < -0.3 is 9.47 Å². The molecule has 138 valence electrons. The van der Waals surface area contributed by atoms with Crippen LogP contribution >= 0.6 is 0 Å². The highest BCUT2D eigenvalue weighted by molar-refractivity contribution is 6.22. The van der Waals surface area contributed by atoms with Crippen molar-refractivity contribution in [3.63, 3.8) is 0 Å². The number of methoxy groups -OCH3 is 1. The number of carbonyl (C=O) groups is 4. The number of Topliss-reactive ketones (excluding diaryl/α,β-unsaturated/α-hetero) is 1. The van der Waals surface area contributed by atoms with E-state index in [1.807, 2.05) is 0 Å². The zero-order valence-corrected chi connectivity index (χ0v) is 14.8. The van der Waals surface area contributed by atoms with Gasteiger partial charge in [0.1, 0.15) is 11.8 Å². The number of rotatable bonds is 6. The fraction of sp³-hybridized carbons (Fsp3) is 0.200. The summed E-state index contributed by atoms with van der Waals surface area (Å²) in [5.74, 6) is -2.04. The zero-order chi connectivity index (χ0) is 19.6. The second-order valence-corrected chi connectivity index (χ2v) is 5.93. The third-order valence-corrected chi connectivity index (χ3v) is 4.31. The number of imide groups is 1. The molecular weight excluding hydrogens is 350 g/mol. The number of ether oxygens (including phenoxy) is 2. The van der Waals surface area contributed by atoms with Crippen LogP contribution in [0.25, 0.3) is 0 Å². The summed E-state index contributed by atoms with van der Waals surface area (Å²) in [6.45, 7) is 0.865. The van der Waals surface area contributed by atoms with Crippen LogP contribution in [0.1, 0.15) is 38.0 Å². The second-order valence-electron chi connectivity index (χ2n) is 5.93. The van der Waals surface area contributed by atoms with Gasteiger partial charge >= 0.3 is 5.97 Å². The van der Waals surface area contributed by atoms with Crippen LogP contribution in [0.2, 0.25) is 0 Å². The van der Waals surface area contributed by atoms with Gasteiger partial charge in [0.25, 0.3) is 11.8 Å². The molecule has 3 rings (SSSR count). The van der Waals surface area contributed by atoms with Gasteiger partial charge in [0.2, 0.25) is 5.78 Å². The molecule has 0 saturated carbocycles. The first-order chi connectivity index (χ1) is 13.0. The number of esters is 1. The average molecular weight is 367 g/mol. The lowest BCUT2D eigenvalue weighted by atomic mass is 10.1. The molecule has 1 aliphatic heterocycles. The molecule has 2 aromatic carbocycles. The molecule has 0 N–H and O–H groups in total. The maximum Gasteiger partial charge on any atom is 0.329 e. The van der Waals surface area contributed by atoms with E-state index in [2.05, 4.69) is 0 Å². The van der Waals surface area contributed by atoms with E-state index < -0.39 is 36.2 Å². The van der Waals surface area contributed by atoms with Crippen LogP contribution in [-0.4, -0.2) is 48.2 Å². The van der Waals surface area contributed by atoms with Gasteiger partial charge in [-0.1, -0.05) is 24.3 Å². The van der Waals surface area contributed by atoms with Crippen LogP contribution in [0.15, 0.2) is 48.5 Å². The Bertz CT molecular complexity index is 901. The quantitative estimate of drug-likeness (QED) is 0.441. The van der Waals surface area contributed by atoms with Crippen molar-refractivity contribution in [3.8, 4) is 5.75 Å². The Kier molecular flexibility index (Phi) is 5.03. The molecule has 2 aromatic rings. The number of carbonyl (C=O) groups excluding carboxylic acids is 4. The Morgan fingerprint density at radius 3 is 2.11 bits per heavy atom. The summed E-state index contributed by atoms with van der Waals surface area (Å²) in [4.78, 5) is 50.3. The molecule has 0 saturated heterocycles. The maximum absolute atomic E-state index is 12.4. The third-order valence-electron chi connectivity index (χ3n) is 4.31. The van der Waals surface area contributed by atoms with Crippen LogP contribution in [0.3, 0.4) is 0 Å². The summed E-state index contributed by atoms with van der Waals surface area (Å²) in [5.41, 5.74) is 0.765. The smallest absolute Gasteiger partial charge is 0.329 e. The molecule has 0 spiro atoms. The van der Waals surface area contributed by atoms with E-state index in [1.54, 1.807) is 36.4 Å². The first-order valence-electron chi connectivity index (χ1n) is 8.25. The number of benzene rings is 2. The second kappa shape index (κ2) is 7.41. The van der Waals surface area contributed by atoms with Gasteiger partial charge in [-0.3, -0.25) is 19.3 Å². The Hall–Kier alpha value is -3.48. The lowest BCUT2D eigenvalue weighted by Gasteiger charge is -2.20. The first kappa shape index (κ1) is 18.3. The average Bonchev–Trinajstić information content (AvgIpc) is 2.96. The summed E-state index contributed by atoms with van der Waals surface area (Å²) in [7, 11) is 1.43. The molecule has 1 atom stereocenters. The molecule has 2 amide bonds. The van der Waals surface area contributed by atoms with Crippen molar-refractivity contribution in [2.75, 3.05) is 13.7 Å². The van der Waals surface area contributed by atoms with Crippen LogP contribution in [0.5, 0.6) is 5.75 Å². The molecule has 0 bridgehead atoms. The third kappa shape index (κ3) is 3.31. The Labute approximate surface area is 155 Å². The van der Waals surface area contributed by atoms with Gasteiger partial charge in [-0.15, -0.1) is 0 Å². The maximum atomic E-state index is 12.4. The van der Waals surface area contributed by atoms with E-state index in [9.17, 15) is 19.2 Å². The normalized spacial score (nSPS) is 13.9. The minimum atomic E-state index is -1.15. The molecule has 7 heteroatoms. The Morgan fingerprint density at radius 1 is 0.963 bits per heavy atom. The fourth-order valence-electron chi connectivity index (χ4n) is 2.88.